The van der Waals surface area contributed by atoms with Crippen LogP contribution in [0.5, 0.6) is 0 Å². The third-order valence-corrected chi connectivity index (χ3v) is 5.79. The van der Waals surface area contributed by atoms with Crippen molar-refractivity contribution in [3.8, 4) is 0 Å². The largest absolute Gasteiger partial charge is 0.357 e. The van der Waals surface area contributed by atoms with Crippen LogP contribution in [0.25, 0.3) is 0 Å². The zero-order valence-electron chi connectivity index (χ0n) is 15.8. The van der Waals surface area contributed by atoms with Crippen molar-refractivity contribution in [2.45, 2.75) is 52.5 Å². The summed E-state index contributed by atoms with van der Waals surface area (Å²) in [6.07, 6.45) is 3.73. The van der Waals surface area contributed by atoms with E-state index in [9.17, 15) is 0 Å². The van der Waals surface area contributed by atoms with Crippen LogP contribution in [0.1, 0.15) is 52.4 Å². The molecule has 1 heterocycles. The molecule has 0 aliphatic heterocycles. The van der Waals surface area contributed by atoms with Crippen LogP contribution < -0.4 is 10.6 Å². The van der Waals surface area contributed by atoms with Crippen LogP contribution in [0, 0.1) is 13.8 Å². The lowest BCUT2D eigenvalue weighted by molar-refractivity contribution is 0.539. The predicted molar refractivity (Wildman–Crippen MR) is 122 cm³/mol. The fraction of sp³-hybridized carbons (Fsp3) is 0.500. The molecule has 0 fully saturated rings. The van der Waals surface area contributed by atoms with Crippen molar-refractivity contribution in [3.63, 3.8) is 0 Å². The molecule has 0 radical (unpaired) electrons. The first kappa shape index (κ1) is 21.2. The average molecular weight is 484 g/mol. The van der Waals surface area contributed by atoms with E-state index in [1.54, 1.807) is 11.3 Å². The van der Waals surface area contributed by atoms with Gasteiger partial charge in [0.15, 0.2) is 5.96 Å². The van der Waals surface area contributed by atoms with Gasteiger partial charge in [0.1, 0.15) is 0 Å². The Balaban J connectivity index is 0.00000243. The third kappa shape index (κ3) is 5.42. The Hall–Kier alpha value is -1.15. The smallest absolute Gasteiger partial charge is 0.191 e. The zero-order valence-corrected chi connectivity index (χ0v) is 19.0. The molecule has 0 saturated carbocycles. The topological polar surface area (TPSA) is 49.3 Å². The van der Waals surface area contributed by atoms with Crippen LogP contribution >= 0.6 is 35.3 Å². The lowest BCUT2D eigenvalue weighted by Crippen LogP contribution is -2.39. The summed E-state index contributed by atoms with van der Waals surface area (Å²) in [7, 11) is 0. The minimum atomic E-state index is 0. The molecule has 4 nitrogen and oxygen atoms in total. The molecule has 142 valence electrons. The Morgan fingerprint density at radius 2 is 2.08 bits per heavy atom. The van der Waals surface area contributed by atoms with Gasteiger partial charge in [-0.25, -0.2) is 9.98 Å². The number of aliphatic imine (C=N–C) groups is 1. The molecular formula is C20H29IN4S. The third-order valence-electron chi connectivity index (χ3n) is 4.73. The van der Waals surface area contributed by atoms with Gasteiger partial charge in [-0.05, 0) is 51.2 Å². The second kappa shape index (κ2) is 10.3. The molecular weight excluding hydrogens is 455 g/mol. The van der Waals surface area contributed by atoms with Crippen molar-refractivity contribution >= 4 is 41.3 Å². The summed E-state index contributed by atoms with van der Waals surface area (Å²) in [5, 5.41) is 8.03. The first-order valence-electron chi connectivity index (χ1n) is 9.20. The first-order valence-corrected chi connectivity index (χ1v) is 10.0. The van der Waals surface area contributed by atoms with Gasteiger partial charge in [-0.3, -0.25) is 0 Å². The van der Waals surface area contributed by atoms with Crippen LogP contribution in [-0.2, 0) is 13.0 Å². The lowest BCUT2D eigenvalue weighted by Gasteiger charge is -2.26. The highest BCUT2D eigenvalue weighted by molar-refractivity contribution is 14.0. The number of aryl methyl sites for hydroxylation is 3. The van der Waals surface area contributed by atoms with Gasteiger partial charge in [0.2, 0.25) is 0 Å². The maximum atomic E-state index is 4.76. The minimum Gasteiger partial charge on any atom is -0.357 e. The van der Waals surface area contributed by atoms with Crippen molar-refractivity contribution in [1.82, 2.24) is 15.6 Å². The molecule has 0 spiro atoms. The maximum Gasteiger partial charge on any atom is 0.191 e. The molecule has 3 rings (SSSR count). The summed E-state index contributed by atoms with van der Waals surface area (Å²) < 4.78 is 0. The highest BCUT2D eigenvalue weighted by Crippen LogP contribution is 2.30. The number of hydrogen-bond donors (Lipinski definition) is 2. The first-order chi connectivity index (χ1) is 12.2. The van der Waals surface area contributed by atoms with Crippen molar-refractivity contribution in [2.24, 2.45) is 4.99 Å². The normalized spacial score (nSPS) is 16.6. The van der Waals surface area contributed by atoms with Crippen LogP contribution in [0.4, 0.5) is 0 Å². The van der Waals surface area contributed by atoms with Crippen LogP contribution in [0.15, 0.2) is 29.3 Å². The molecule has 0 bridgehead atoms. The fourth-order valence-electron chi connectivity index (χ4n) is 3.50. The molecule has 0 amide bonds. The van der Waals surface area contributed by atoms with Crippen molar-refractivity contribution in [1.29, 1.82) is 0 Å². The quantitative estimate of drug-likeness (QED) is 0.372. The van der Waals surface area contributed by atoms with E-state index in [0.29, 0.717) is 12.5 Å². The number of benzene rings is 1. The van der Waals surface area contributed by atoms with E-state index in [-0.39, 0.29) is 24.0 Å². The summed E-state index contributed by atoms with van der Waals surface area (Å²) in [5.74, 6) is 1.47. The second-order valence-corrected chi connectivity index (χ2v) is 7.89. The Morgan fingerprint density at radius 3 is 2.81 bits per heavy atom. The van der Waals surface area contributed by atoms with Crippen molar-refractivity contribution in [2.75, 3.05) is 13.1 Å². The van der Waals surface area contributed by atoms with E-state index in [4.69, 9.17) is 4.99 Å². The van der Waals surface area contributed by atoms with Gasteiger partial charge in [-0.1, -0.05) is 24.3 Å². The Kier molecular flexibility index (Phi) is 8.34. The predicted octanol–water partition coefficient (Wildman–Crippen LogP) is 4.55. The summed E-state index contributed by atoms with van der Waals surface area (Å²) in [6, 6.07) is 8.87. The van der Waals surface area contributed by atoms with Gasteiger partial charge in [-0.15, -0.1) is 35.3 Å². The van der Waals surface area contributed by atoms with E-state index < -0.39 is 0 Å². The summed E-state index contributed by atoms with van der Waals surface area (Å²) in [6.45, 7) is 8.71. The molecule has 1 aliphatic carbocycles. The van der Waals surface area contributed by atoms with E-state index in [0.717, 1.165) is 29.8 Å². The number of nitrogens with one attached hydrogen (secondary N) is 2. The molecule has 6 heteroatoms. The molecule has 1 aromatic carbocycles. The number of halogens is 1. The highest BCUT2D eigenvalue weighted by atomic mass is 127. The molecule has 1 aliphatic rings. The van der Waals surface area contributed by atoms with E-state index in [2.05, 4.69) is 60.7 Å². The van der Waals surface area contributed by atoms with E-state index >= 15 is 0 Å². The van der Waals surface area contributed by atoms with Crippen LogP contribution in [0.3, 0.4) is 0 Å². The van der Waals surface area contributed by atoms with Gasteiger partial charge in [0.25, 0.3) is 0 Å². The Labute approximate surface area is 177 Å². The second-order valence-electron chi connectivity index (χ2n) is 6.61. The van der Waals surface area contributed by atoms with Crippen molar-refractivity contribution in [3.05, 3.63) is 51.0 Å². The summed E-state index contributed by atoms with van der Waals surface area (Å²) in [5.41, 5.74) is 4.12. The molecule has 1 aromatic heterocycles. The summed E-state index contributed by atoms with van der Waals surface area (Å²) >= 11 is 1.74. The average Bonchev–Trinajstić information content (AvgIpc) is 2.94. The number of hydrogen-bond acceptors (Lipinski definition) is 3. The van der Waals surface area contributed by atoms with E-state index in [1.807, 2.05) is 0 Å². The van der Waals surface area contributed by atoms with Gasteiger partial charge in [-0.2, -0.15) is 0 Å². The molecule has 1 unspecified atom stereocenters. The van der Waals surface area contributed by atoms with Gasteiger partial charge >= 0.3 is 0 Å². The standard InChI is InChI=1S/C20H28N4S.HI/c1-4-21-20(23-13-19-14(2)24-15(3)25-19)22-12-17-10-7-9-16-8-5-6-11-18(16)17;/h5-6,8,11,17H,4,7,9-10,12-13H2,1-3H3,(H2,21,22,23);1H. The van der Waals surface area contributed by atoms with Gasteiger partial charge in [0, 0.05) is 23.9 Å². The molecule has 0 saturated heterocycles. The fourth-order valence-corrected chi connectivity index (χ4v) is 4.36. The molecule has 2 aromatic rings. The monoisotopic (exact) mass is 484 g/mol. The number of thiazole rings is 1. The molecule has 1 atom stereocenters. The number of aromatic nitrogens is 1. The Bertz CT molecular complexity index is 741. The minimum absolute atomic E-state index is 0. The van der Waals surface area contributed by atoms with Gasteiger partial charge in [0.05, 0.1) is 17.2 Å². The maximum absolute atomic E-state index is 4.76. The molecule has 26 heavy (non-hydrogen) atoms. The number of fused-ring (bicyclic) bond motifs is 1. The van der Waals surface area contributed by atoms with E-state index in [1.165, 1.54) is 35.3 Å². The van der Waals surface area contributed by atoms with Crippen molar-refractivity contribution < 1.29 is 0 Å². The van der Waals surface area contributed by atoms with Crippen LogP contribution in [-0.4, -0.2) is 24.0 Å². The lowest BCUT2D eigenvalue weighted by atomic mass is 9.83. The number of rotatable bonds is 5. The zero-order chi connectivity index (χ0) is 17.6. The highest BCUT2D eigenvalue weighted by Gasteiger charge is 2.19. The number of guanidine groups is 1. The Morgan fingerprint density at radius 1 is 1.27 bits per heavy atom. The SMILES string of the molecule is CCNC(=NCc1sc(C)nc1C)NCC1CCCc2ccccc21.I. The summed E-state index contributed by atoms with van der Waals surface area (Å²) in [4.78, 5) is 10.5. The van der Waals surface area contributed by atoms with Gasteiger partial charge < -0.3 is 10.6 Å². The molecule has 2 N–H and O–H groups in total. The number of nitrogens with zero attached hydrogens (tertiary/aromatic N) is 2. The van der Waals surface area contributed by atoms with Crippen LogP contribution in [0.2, 0.25) is 0 Å².